The van der Waals surface area contributed by atoms with Crippen LogP contribution in [-0.4, -0.2) is 49.5 Å². The van der Waals surface area contributed by atoms with Crippen LogP contribution in [0.1, 0.15) is 30.6 Å². The number of ether oxygens (including phenoxy) is 1. The largest absolute Gasteiger partial charge is 0.492 e. The van der Waals surface area contributed by atoms with Crippen molar-refractivity contribution in [1.29, 1.82) is 0 Å². The van der Waals surface area contributed by atoms with Gasteiger partial charge >= 0.3 is 0 Å². The standard InChI is InChI=1S/C22H28ClN3O3/c1-3-26(4-2)15-16-29-20-11-9-19(10-12-20)25-21(27)13-14-24-22(28)17-5-7-18(23)8-6-17/h5-12H,3-4,13-16H2,1-2H3,(H,24,28)(H,25,27). The fraction of sp³-hybridized carbons (Fsp3) is 0.364. The maximum atomic E-state index is 12.1. The second-order valence-corrected chi connectivity index (χ2v) is 6.90. The van der Waals surface area contributed by atoms with Crippen LogP contribution in [0.2, 0.25) is 5.02 Å². The van der Waals surface area contributed by atoms with Crippen molar-refractivity contribution in [2.45, 2.75) is 20.3 Å². The Hall–Kier alpha value is -2.57. The molecule has 0 unspecified atom stereocenters. The third-order valence-electron chi connectivity index (χ3n) is 4.45. The molecule has 0 heterocycles. The molecule has 156 valence electrons. The summed E-state index contributed by atoms with van der Waals surface area (Å²) >= 11 is 5.80. The Bertz CT molecular complexity index is 775. The molecule has 2 aromatic rings. The minimum Gasteiger partial charge on any atom is -0.492 e. The average molecular weight is 418 g/mol. The lowest BCUT2D eigenvalue weighted by molar-refractivity contribution is -0.116. The smallest absolute Gasteiger partial charge is 0.251 e. The fourth-order valence-corrected chi connectivity index (χ4v) is 2.81. The first-order valence-electron chi connectivity index (χ1n) is 9.80. The normalized spacial score (nSPS) is 10.6. The maximum Gasteiger partial charge on any atom is 0.251 e. The molecule has 0 saturated heterocycles. The van der Waals surface area contributed by atoms with Crippen molar-refractivity contribution in [1.82, 2.24) is 10.2 Å². The summed E-state index contributed by atoms with van der Waals surface area (Å²) in [6.45, 7) is 8.03. The van der Waals surface area contributed by atoms with E-state index in [9.17, 15) is 9.59 Å². The van der Waals surface area contributed by atoms with Crippen LogP contribution >= 0.6 is 11.6 Å². The number of nitrogens with zero attached hydrogens (tertiary/aromatic N) is 1. The summed E-state index contributed by atoms with van der Waals surface area (Å²) in [7, 11) is 0. The quantitative estimate of drug-likeness (QED) is 0.583. The molecule has 0 bridgehead atoms. The van der Waals surface area contributed by atoms with Crippen molar-refractivity contribution in [2.75, 3.05) is 38.1 Å². The number of carbonyl (C=O) groups excluding carboxylic acids is 2. The number of anilines is 1. The van der Waals surface area contributed by atoms with Gasteiger partial charge in [-0.15, -0.1) is 0 Å². The summed E-state index contributed by atoms with van der Waals surface area (Å²) < 4.78 is 5.73. The highest BCUT2D eigenvalue weighted by atomic mass is 35.5. The van der Waals surface area contributed by atoms with Gasteiger partial charge in [0.25, 0.3) is 5.91 Å². The first-order chi connectivity index (χ1) is 14.0. The third-order valence-corrected chi connectivity index (χ3v) is 4.70. The molecule has 29 heavy (non-hydrogen) atoms. The van der Waals surface area contributed by atoms with Crippen LogP contribution in [0.15, 0.2) is 48.5 Å². The van der Waals surface area contributed by atoms with Crippen molar-refractivity contribution in [3.63, 3.8) is 0 Å². The maximum absolute atomic E-state index is 12.1. The van der Waals surface area contributed by atoms with Crippen LogP contribution in [0.25, 0.3) is 0 Å². The molecule has 0 fully saturated rings. The summed E-state index contributed by atoms with van der Waals surface area (Å²) in [5.74, 6) is 0.364. The first kappa shape index (κ1) is 22.7. The van der Waals surface area contributed by atoms with Crippen molar-refractivity contribution >= 4 is 29.1 Å². The van der Waals surface area contributed by atoms with Crippen molar-refractivity contribution in [2.24, 2.45) is 0 Å². The van der Waals surface area contributed by atoms with Crippen molar-refractivity contribution in [3.05, 3.63) is 59.1 Å². The van der Waals surface area contributed by atoms with E-state index in [2.05, 4.69) is 29.4 Å². The highest BCUT2D eigenvalue weighted by molar-refractivity contribution is 6.30. The third kappa shape index (κ3) is 8.13. The molecule has 0 aliphatic carbocycles. The molecule has 6 nitrogen and oxygen atoms in total. The zero-order valence-corrected chi connectivity index (χ0v) is 17.7. The fourth-order valence-electron chi connectivity index (χ4n) is 2.68. The second kappa shape index (κ2) is 12.1. The van der Waals surface area contributed by atoms with E-state index in [1.165, 1.54) is 0 Å². The van der Waals surface area contributed by atoms with Crippen LogP contribution in [0.5, 0.6) is 5.75 Å². The number of amides is 2. The molecule has 0 radical (unpaired) electrons. The number of likely N-dealkylation sites (N-methyl/N-ethyl adjacent to an activating group) is 1. The van der Waals surface area contributed by atoms with E-state index in [0.29, 0.717) is 22.9 Å². The Morgan fingerprint density at radius 2 is 1.66 bits per heavy atom. The van der Waals surface area contributed by atoms with Gasteiger partial charge in [-0.1, -0.05) is 25.4 Å². The lowest BCUT2D eigenvalue weighted by atomic mass is 10.2. The monoisotopic (exact) mass is 417 g/mol. The molecule has 2 rings (SSSR count). The second-order valence-electron chi connectivity index (χ2n) is 6.46. The Morgan fingerprint density at radius 1 is 1.00 bits per heavy atom. The van der Waals surface area contributed by atoms with E-state index < -0.39 is 0 Å². The minimum absolute atomic E-state index is 0.170. The number of halogens is 1. The SMILES string of the molecule is CCN(CC)CCOc1ccc(NC(=O)CCNC(=O)c2ccc(Cl)cc2)cc1. The molecular formula is C22H28ClN3O3. The Labute approximate surface area is 177 Å². The highest BCUT2D eigenvalue weighted by Crippen LogP contribution is 2.16. The van der Waals surface area contributed by atoms with Gasteiger partial charge in [-0.25, -0.2) is 0 Å². The number of rotatable bonds is 11. The molecule has 0 saturated carbocycles. The lowest BCUT2D eigenvalue weighted by Gasteiger charge is -2.18. The predicted molar refractivity (Wildman–Crippen MR) is 117 cm³/mol. The molecule has 0 spiro atoms. The topological polar surface area (TPSA) is 70.7 Å². The first-order valence-corrected chi connectivity index (χ1v) is 10.2. The van der Waals surface area contributed by atoms with Gasteiger partial charge in [0.2, 0.25) is 5.91 Å². The predicted octanol–water partition coefficient (Wildman–Crippen LogP) is 3.82. The number of benzene rings is 2. The number of hydrogen-bond donors (Lipinski definition) is 2. The van der Waals surface area contributed by atoms with E-state index in [0.717, 1.165) is 25.4 Å². The Morgan fingerprint density at radius 3 is 2.28 bits per heavy atom. The van der Waals surface area contributed by atoms with Gasteiger partial charge in [0.1, 0.15) is 12.4 Å². The van der Waals surface area contributed by atoms with Gasteiger partial charge in [0, 0.05) is 35.8 Å². The van der Waals surface area contributed by atoms with E-state index in [-0.39, 0.29) is 24.8 Å². The molecule has 2 N–H and O–H groups in total. The number of carbonyl (C=O) groups is 2. The average Bonchev–Trinajstić information content (AvgIpc) is 2.73. The summed E-state index contributed by atoms with van der Waals surface area (Å²) in [5.41, 5.74) is 1.20. The Kier molecular flexibility index (Phi) is 9.47. The summed E-state index contributed by atoms with van der Waals surface area (Å²) in [6.07, 6.45) is 0.182. The van der Waals surface area contributed by atoms with Gasteiger partial charge in [0.05, 0.1) is 0 Å². The molecule has 0 aromatic heterocycles. The number of hydrogen-bond acceptors (Lipinski definition) is 4. The summed E-state index contributed by atoms with van der Waals surface area (Å²) in [6, 6.07) is 13.9. The summed E-state index contributed by atoms with van der Waals surface area (Å²) in [5, 5.41) is 6.10. The van der Waals surface area contributed by atoms with Crippen molar-refractivity contribution < 1.29 is 14.3 Å². The molecular weight excluding hydrogens is 390 g/mol. The van der Waals surface area contributed by atoms with Gasteiger partial charge in [-0.3, -0.25) is 9.59 Å². The minimum atomic E-state index is -0.235. The van der Waals surface area contributed by atoms with E-state index >= 15 is 0 Å². The molecule has 0 aliphatic heterocycles. The van der Waals surface area contributed by atoms with Crippen molar-refractivity contribution in [3.8, 4) is 5.75 Å². The van der Waals surface area contributed by atoms with Crippen LogP contribution in [0, 0.1) is 0 Å². The van der Waals surface area contributed by atoms with E-state index in [1.807, 2.05) is 12.1 Å². The molecule has 2 amide bonds. The van der Waals surface area contributed by atoms with Crippen LogP contribution < -0.4 is 15.4 Å². The van der Waals surface area contributed by atoms with Gasteiger partial charge in [0.15, 0.2) is 0 Å². The zero-order chi connectivity index (χ0) is 21.1. The van der Waals surface area contributed by atoms with E-state index in [4.69, 9.17) is 16.3 Å². The van der Waals surface area contributed by atoms with E-state index in [1.54, 1.807) is 36.4 Å². The number of nitrogens with one attached hydrogen (secondary N) is 2. The summed E-state index contributed by atoms with van der Waals surface area (Å²) in [4.78, 5) is 26.3. The lowest BCUT2D eigenvalue weighted by Crippen LogP contribution is -2.28. The van der Waals surface area contributed by atoms with Gasteiger partial charge in [-0.05, 0) is 61.6 Å². The highest BCUT2D eigenvalue weighted by Gasteiger charge is 2.07. The molecule has 0 aliphatic rings. The molecule has 2 aromatic carbocycles. The zero-order valence-electron chi connectivity index (χ0n) is 16.9. The Balaban J connectivity index is 1.69. The van der Waals surface area contributed by atoms with Gasteiger partial charge in [-0.2, -0.15) is 0 Å². The van der Waals surface area contributed by atoms with Crippen LogP contribution in [0.3, 0.4) is 0 Å². The molecule has 0 atom stereocenters. The van der Waals surface area contributed by atoms with Crippen LogP contribution in [0.4, 0.5) is 5.69 Å². The van der Waals surface area contributed by atoms with Crippen LogP contribution in [-0.2, 0) is 4.79 Å². The van der Waals surface area contributed by atoms with Gasteiger partial charge < -0.3 is 20.3 Å². The molecule has 7 heteroatoms.